The molecule has 1 amide bonds. The predicted molar refractivity (Wildman–Crippen MR) is 108 cm³/mol. The molecule has 2 rings (SSSR count). The minimum atomic E-state index is -0.0244. The molecule has 1 aromatic heterocycles. The van der Waals surface area contributed by atoms with Gasteiger partial charge < -0.3 is 14.8 Å². The number of nitrogens with zero attached hydrogens (tertiary/aromatic N) is 1. The molecular weight excluding hydrogens is 338 g/mol. The van der Waals surface area contributed by atoms with Gasteiger partial charge in [-0.2, -0.15) is 0 Å². The van der Waals surface area contributed by atoms with Crippen molar-refractivity contribution in [2.24, 2.45) is 0 Å². The van der Waals surface area contributed by atoms with Gasteiger partial charge in [0, 0.05) is 29.5 Å². The number of amides is 1. The summed E-state index contributed by atoms with van der Waals surface area (Å²) in [5.74, 6) is 0.0625. The third-order valence-electron chi connectivity index (χ3n) is 4.72. The maximum atomic E-state index is 12.8. The topological polar surface area (TPSA) is 55.5 Å². The maximum absolute atomic E-state index is 12.8. The number of nitrogens with one attached hydrogen (secondary N) is 2. The van der Waals surface area contributed by atoms with Gasteiger partial charge in [0.15, 0.2) is 6.54 Å². The summed E-state index contributed by atoms with van der Waals surface area (Å²) < 4.78 is 2.21. The smallest absolute Gasteiger partial charge is 0.275 e. The maximum Gasteiger partial charge on any atom is 0.275 e. The molecule has 0 bridgehead atoms. The minimum Gasteiger partial charge on any atom is -0.349 e. The molecule has 0 aliphatic rings. The molecular formula is C22H32N3O2+. The fourth-order valence-electron chi connectivity index (χ4n) is 3.39. The van der Waals surface area contributed by atoms with E-state index >= 15 is 0 Å². The molecule has 1 atom stereocenters. The quantitative estimate of drug-likeness (QED) is 0.659. The van der Waals surface area contributed by atoms with Gasteiger partial charge in [-0.3, -0.25) is 9.59 Å². The van der Waals surface area contributed by atoms with Crippen LogP contribution in [0.5, 0.6) is 0 Å². The number of aromatic nitrogens is 1. The number of aryl methyl sites for hydroxylation is 2. The fraction of sp³-hybridized carbons (Fsp3) is 0.455. The van der Waals surface area contributed by atoms with Crippen molar-refractivity contribution in [2.45, 2.75) is 46.7 Å². The van der Waals surface area contributed by atoms with Crippen molar-refractivity contribution in [1.82, 2.24) is 9.88 Å². The van der Waals surface area contributed by atoms with Crippen LogP contribution in [-0.4, -0.2) is 42.4 Å². The van der Waals surface area contributed by atoms with Gasteiger partial charge in [0.2, 0.25) is 5.78 Å². The van der Waals surface area contributed by atoms with Crippen LogP contribution in [0.2, 0.25) is 0 Å². The van der Waals surface area contributed by atoms with Gasteiger partial charge in [-0.1, -0.05) is 30.3 Å². The molecule has 0 saturated heterocycles. The van der Waals surface area contributed by atoms with Gasteiger partial charge >= 0.3 is 0 Å². The number of carbonyl (C=O) groups is 2. The van der Waals surface area contributed by atoms with E-state index in [1.165, 1.54) is 5.56 Å². The SMILES string of the molecule is Cc1cc(C(=O)C[NH+](C)CC(=O)NC(C)C)c(C)n1CCc1ccccc1. The van der Waals surface area contributed by atoms with Crippen LogP contribution in [0.4, 0.5) is 0 Å². The summed E-state index contributed by atoms with van der Waals surface area (Å²) in [5.41, 5.74) is 4.16. The van der Waals surface area contributed by atoms with Gasteiger partial charge in [0.05, 0.1) is 7.05 Å². The molecule has 2 N–H and O–H groups in total. The lowest BCUT2D eigenvalue weighted by Crippen LogP contribution is -3.11. The third kappa shape index (κ3) is 6.07. The van der Waals surface area contributed by atoms with Crippen LogP contribution in [0.1, 0.15) is 41.2 Å². The molecule has 0 fully saturated rings. The number of rotatable bonds is 9. The zero-order valence-electron chi connectivity index (χ0n) is 17.1. The number of benzene rings is 1. The average Bonchev–Trinajstić information content (AvgIpc) is 2.87. The molecule has 27 heavy (non-hydrogen) atoms. The lowest BCUT2D eigenvalue weighted by atomic mass is 10.1. The minimum absolute atomic E-state index is 0.0244. The second-order valence-corrected chi connectivity index (χ2v) is 7.63. The van der Waals surface area contributed by atoms with Crippen molar-refractivity contribution in [1.29, 1.82) is 0 Å². The molecule has 5 heteroatoms. The van der Waals surface area contributed by atoms with Crippen LogP contribution in [0.3, 0.4) is 0 Å². The van der Waals surface area contributed by atoms with Crippen molar-refractivity contribution in [3.8, 4) is 0 Å². The Hall–Kier alpha value is -2.40. The van der Waals surface area contributed by atoms with E-state index < -0.39 is 0 Å². The Kier molecular flexibility index (Phi) is 7.36. The molecule has 1 unspecified atom stereocenters. The number of hydrogen-bond acceptors (Lipinski definition) is 2. The Morgan fingerprint density at radius 2 is 1.78 bits per heavy atom. The molecule has 0 saturated carbocycles. The summed E-state index contributed by atoms with van der Waals surface area (Å²) in [7, 11) is 1.88. The predicted octanol–water partition coefficient (Wildman–Crippen LogP) is 1.57. The summed E-state index contributed by atoms with van der Waals surface area (Å²) in [5, 5.41) is 2.87. The monoisotopic (exact) mass is 370 g/mol. The van der Waals surface area contributed by atoms with Crippen molar-refractivity contribution in [2.75, 3.05) is 20.1 Å². The van der Waals surface area contributed by atoms with Crippen molar-refractivity contribution >= 4 is 11.7 Å². The molecule has 0 aliphatic heterocycles. The van der Waals surface area contributed by atoms with Gasteiger partial charge in [-0.05, 0) is 45.7 Å². The van der Waals surface area contributed by atoms with Gasteiger partial charge in [-0.15, -0.1) is 0 Å². The van der Waals surface area contributed by atoms with Crippen LogP contribution >= 0.6 is 0 Å². The van der Waals surface area contributed by atoms with Crippen molar-refractivity contribution < 1.29 is 14.5 Å². The summed E-state index contributed by atoms with van der Waals surface area (Å²) in [4.78, 5) is 25.5. The highest BCUT2D eigenvalue weighted by Gasteiger charge is 2.20. The highest BCUT2D eigenvalue weighted by Crippen LogP contribution is 2.16. The molecule has 2 aromatic rings. The van der Waals surface area contributed by atoms with Crippen LogP contribution in [0, 0.1) is 13.8 Å². The molecule has 146 valence electrons. The first kappa shape index (κ1) is 20.9. The van der Waals surface area contributed by atoms with E-state index in [4.69, 9.17) is 0 Å². The normalized spacial score (nSPS) is 12.2. The number of ketones is 1. The summed E-state index contributed by atoms with van der Waals surface area (Å²) in [6.07, 6.45) is 0.936. The molecule has 1 aromatic carbocycles. The zero-order chi connectivity index (χ0) is 20.0. The molecule has 0 aliphatic carbocycles. The number of carbonyl (C=O) groups excluding carboxylic acids is 2. The zero-order valence-corrected chi connectivity index (χ0v) is 17.1. The van der Waals surface area contributed by atoms with Crippen molar-refractivity contribution in [3.05, 3.63) is 58.9 Å². The first-order valence-corrected chi connectivity index (χ1v) is 9.62. The number of hydrogen-bond donors (Lipinski definition) is 2. The fourth-order valence-corrected chi connectivity index (χ4v) is 3.39. The second-order valence-electron chi connectivity index (χ2n) is 7.63. The van der Waals surface area contributed by atoms with Crippen LogP contribution in [0.25, 0.3) is 0 Å². The van der Waals surface area contributed by atoms with Gasteiger partial charge in [0.25, 0.3) is 5.91 Å². The second kappa shape index (κ2) is 9.51. The Bertz CT molecular complexity index is 778. The number of likely N-dealkylation sites (N-methyl/N-ethyl adjacent to an activating group) is 1. The van der Waals surface area contributed by atoms with Crippen molar-refractivity contribution in [3.63, 3.8) is 0 Å². The van der Waals surface area contributed by atoms with Crippen LogP contribution in [0.15, 0.2) is 36.4 Å². The highest BCUT2D eigenvalue weighted by molar-refractivity contribution is 5.98. The number of quaternary nitrogens is 1. The van der Waals surface area contributed by atoms with Crippen LogP contribution in [-0.2, 0) is 17.8 Å². The Balaban J connectivity index is 1.99. The van der Waals surface area contributed by atoms with Gasteiger partial charge in [-0.25, -0.2) is 0 Å². The molecule has 0 spiro atoms. The van der Waals surface area contributed by atoms with E-state index in [9.17, 15) is 9.59 Å². The standard InChI is InChI=1S/C22H31N3O2/c1-16(2)23-22(27)15-24(5)14-21(26)20-13-17(3)25(18(20)4)12-11-19-9-7-6-8-10-19/h6-10,13,16H,11-12,14-15H2,1-5H3,(H,23,27)/p+1. The number of Topliss-reactive ketones (excluding diaryl/α,β-unsaturated/α-hetero) is 1. The van der Waals surface area contributed by atoms with E-state index in [0.29, 0.717) is 13.1 Å². The lowest BCUT2D eigenvalue weighted by Gasteiger charge is -2.14. The van der Waals surface area contributed by atoms with E-state index in [2.05, 4.69) is 22.0 Å². The Labute approximate surface area is 162 Å². The molecule has 0 radical (unpaired) electrons. The molecule has 1 heterocycles. The Morgan fingerprint density at radius 3 is 2.41 bits per heavy atom. The summed E-state index contributed by atoms with van der Waals surface area (Å²) in [6, 6.07) is 12.5. The Morgan fingerprint density at radius 1 is 1.11 bits per heavy atom. The lowest BCUT2D eigenvalue weighted by molar-refractivity contribution is -0.862. The third-order valence-corrected chi connectivity index (χ3v) is 4.72. The van der Waals surface area contributed by atoms with E-state index in [1.807, 2.05) is 59.0 Å². The first-order chi connectivity index (χ1) is 12.8. The van der Waals surface area contributed by atoms with Crippen LogP contribution < -0.4 is 10.2 Å². The first-order valence-electron chi connectivity index (χ1n) is 9.62. The molecule has 5 nitrogen and oxygen atoms in total. The van der Waals surface area contributed by atoms with E-state index in [0.717, 1.165) is 34.8 Å². The highest BCUT2D eigenvalue weighted by atomic mass is 16.2. The largest absolute Gasteiger partial charge is 0.349 e. The van der Waals surface area contributed by atoms with E-state index in [1.54, 1.807) is 0 Å². The van der Waals surface area contributed by atoms with E-state index in [-0.39, 0.29) is 17.7 Å². The summed E-state index contributed by atoms with van der Waals surface area (Å²) in [6.45, 7) is 9.39. The summed E-state index contributed by atoms with van der Waals surface area (Å²) >= 11 is 0. The van der Waals surface area contributed by atoms with Gasteiger partial charge in [0.1, 0.15) is 6.54 Å². The average molecular weight is 371 g/mol.